The van der Waals surface area contributed by atoms with Crippen LogP contribution >= 0.6 is 11.8 Å². The Balaban J connectivity index is 1.30. The fraction of sp³-hybridized carbons (Fsp3) is 0.100. The molecule has 8 rings (SSSR count). The van der Waals surface area contributed by atoms with Crippen molar-refractivity contribution in [1.29, 1.82) is 0 Å². The van der Waals surface area contributed by atoms with Crippen molar-refractivity contribution in [3.8, 4) is 0 Å². The van der Waals surface area contributed by atoms with Crippen molar-refractivity contribution in [2.45, 2.75) is 5.54 Å². The maximum Gasteiger partial charge on any atom is 0.170 e. The second kappa shape index (κ2) is 7.42. The average molecular weight is 484 g/mol. The Morgan fingerprint density at radius 1 is 0.750 bits per heavy atom. The summed E-state index contributed by atoms with van der Waals surface area (Å²) in [5.74, 6) is 1.91. The number of nitrogens with zero attached hydrogens (tertiary/aromatic N) is 4. The molecule has 3 aliphatic rings. The molecule has 6 heteroatoms. The Morgan fingerprint density at radius 3 is 2.00 bits per heavy atom. The molecule has 0 radical (unpaired) electrons. The molecule has 0 bridgehead atoms. The molecule has 0 aliphatic carbocycles. The highest BCUT2D eigenvalue weighted by Gasteiger charge is 2.49. The molecule has 1 aromatic heterocycles. The monoisotopic (exact) mass is 483 g/mol. The summed E-state index contributed by atoms with van der Waals surface area (Å²) < 4.78 is 0. The van der Waals surface area contributed by atoms with Gasteiger partial charge in [-0.2, -0.15) is 0 Å². The third-order valence-electron chi connectivity index (χ3n) is 7.36. The molecule has 1 saturated heterocycles. The Labute approximate surface area is 212 Å². The molecule has 4 aromatic carbocycles. The van der Waals surface area contributed by atoms with Crippen molar-refractivity contribution in [3.63, 3.8) is 0 Å². The highest BCUT2D eigenvalue weighted by Crippen LogP contribution is 2.51. The quantitative estimate of drug-likeness (QED) is 0.265. The summed E-state index contributed by atoms with van der Waals surface area (Å²) in [6.45, 7) is 0.741. The standard InChI is InChI=1S/C30H21N5S/c1-5-13-23-19(9-1)28(20-10-2-6-14-24(20)31-23)33-29-35-18-30(34-27(35)17-36-29)21-11-3-7-15-25(21)32-26-16-8-4-12-22(26)30/h1-16,32H,17-18H2. The molecule has 4 heterocycles. The van der Waals surface area contributed by atoms with Crippen LogP contribution in [0.15, 0.2) is 107 Å². The third kappa shape index (κ3) is 2.76. The number of rotatable bonds is 1. The molecule has 0 saturated carbocycles. The number of aromatic nitrogens is 1. The van der Waals surface area contributed by atoms with Crippen LogP contribution in [0.4, 0.5) is 17.1 Å². The maximum atomic E-state index is 5.43. The average Bonchev–Trinajstić information content (AvgIpc) is 3.48. The largest absolute Gasteiger partial charge is 0.355 e. The maximum absolute atomic E-state index is 5.43. The normalized spacial score (nSPS) is 18.3. The van der Waals surface area contributed by atoms with Crippen molar-refractivity contribution < 1.29 is 0 Å². The highest BCUT2D eigenvalue weighted by atomic mass is 32.2. The molecule has 0 unspecified atom stereocenters. The zero-order chi connectivity index (χ0) is 23.7. The van der Waals surface area contributed by atoms with Gasteiger partial charge in [0.2, 0.25) is 0 Å². The predicted octanol–water partition coefficient (Wildman–Crippen LogP) is 6.84. The lowest BCUT2D eigenvalue weighted by Gasteiger charge is -2.36. The number of amidine groups is 2. The lowest BCUT2D eigenvalue weighted by Crippen LogP contribution is -2.38. The summed E-state index contributed by atoms with van der Waals surface area (Å²) in [6.07, 6.45) is 0. The van der Waals surface area contributed by atoms with Gasteiger partial charge in [-0.1, -0.05) is 84.6 Å². The molecule has 0 atom stereocenters. The van der Waals surface area contributed by atoms with Gasteiger partial charge < -0.3 is 10.2 Å². The van der Waals surface area contributed by atoms with Crippen LogP contribution < -0.4 is 5.32 Å². The van der Waals surface area contributed by atoms with Gasteiger partial charge >= 0.3 is 0 Å². The SMILES string of the molecule is c1ccc2c(c1)Nc1ccccc1C21CN2C(=N1)CSC2=Nc1c2ccccc2nc2ccccc12. The fourth-order valence-corrected chi connectivity index (χ4v) is 6.70. The van der Waals surface area contributed by atoms with Gasteiger partial charge in [-0.25, -0.2) is 9.98 Å². The van der Waals surface area contributed by atoms with E-state index in [1.807, 2.05) is 12.1 Å². The van der Waals surface area contributed by atoms with E-state index in [1.54, 1.807) is 11.8 Å². The number of fused-ring (bicyclic) bond motifs is 7. The minimum atomic E-state index is -0.447. The van der Waals surface area contributed by atoms with Crippen LogP contribution in [0.2, 0.25) is 0 Å². The first-order chi connectivity index (χ1) is 17.8. The van der Waals surface area contributed by atoms with Gasteiger partial charge in [-0.05, 0) is 24.3 Å². The van der Waals surface area contributed by atoms with E-state index in [-0.39, 0.29) is 0 Å². The van der Waals surface area contributed by atoms with Crippen LogP contribution in [-0.2, 0) is 5.54 Å². The lowest BCUT2D eigenvalue weighted by atomic mass is 9.79. The number of anilines is 2. The van der Waals surface area contributed by atoms with E-state index in [0.717, 1.165) is 62.2 Å². The molecule has 36 heavy (non-hydrogen) atoms. The minimum Gasteiger partial charge on any atom is -0.355 e. The molecule has 5 nitrogen and oxygen atoms in total. The first-order valence-electron chi connectivity index (χ1n) is 12.1. The zero-order valence-electron chi connectivity index (χ0n) is 19.3. The van der Waals surface area contributed by atoms with Gasteiger partial charge in [0.05, 0.1) is 29.0 Å². The van der Waals surface area contributed by atoms with E-state index < -0.39 is 5.54 Å². The first-order valence-corrected chi connectivity index (χ1v) is 13.1. The fourth-order valence-electron chi connectivity index (χ4n) is 5.74. The number of thioether (sulfide) groups is 1. The molecule has 3 aliphatic heterocycles. The third-order valence-corrected chi connectivity index (χ3v) is 8.33. The Hall–Kier alpha value is -4.16. The first kappa shape index (κ1) is 20.1. The molecular formula is C30H21N5S. The smallest absolute Gasteiger partial charge is 0.170 e. The molecule has 0 amide bonds. The van der Waals surface area contributed by atoms with E-state index in [4.69, 9.17) is 15.0 Å². The van der Waals surface area contributed by atoms with Crippen LogP contribution in [0.1, 0.15) is 11.1 Å². The molecule has 172 valence electrons. The highest BCUT2D eigenvalue weighted by molar-refractivity contribution is 8.15. The summed E-state index contributed by atoms with van der Waals surface area (Å²) >= 11 is 1.77. The molecule has 1 N–H and O–H groups in total. The van der Waals surface area contributed by atoms with Crippen molar-refractivity contribution >= 4 is 61.6 Å². The Morgan fingerprint density at radius 2 is 1.33 bits per heavy atom. The van der Waals surface area contributed by atoms with Crippen LogP contribution in [0.25, 0.3) is 21.8 Å². The van der Waals surface area contributed by atoms with E-state index in [0.29, 0.717) is 0 Å². The summed E-state index contributed by atoms with van der Waals surface area (Å²) in [7, 11) is 0. The van der Waals surface area contributed by atoms with Gasteiger partial charge in [0.15, 0.2) is 5.17 Å². The molecule has 5 aromatic rings. The number of para-hydroxylation sites is 4. The Kier molecular flexibility index (Phi) is 4.14. The van der Waals surface area contributed by atoms with E-state index in [9.17, 15) is 0 Å². The number of aliphatic imine (C=N–C) groups is 2. The Bertz CT molecular complexity index is 1670. The van der Waals surface area contributed by atoms with Crippen molar-refractivity contribution in [2.24, 2.45) is 9.98 Å². The van der Waals surface area contributed by atoms with Crippen molar-refractivity contribution in [3.05, 3.63) is 108 Å². The van der Waals surface area contributed by atoms with Gasteiger partial charge in [-0.15, -0.1) is 0 Å². The number of benzene rings is 4. The van der Waals surface area contributed by atoms with Crippen molar-refractivity contribution in [2.75, 3.05) is 17.6 Å². The van der Waals surface area contributed by atoms with Gasteiger partial charge in [0.1, 0.15) is 11.4 Å². The topological polar surface area (TPSA) is 52.9 Å². The second-order valence-corrected chi connectivity index (χ2v) is 10.3. The summed E-state index contributed by atoms with van der Waals surface area (Å²) in [4.78, 5) is 17.9. The summed E-state index contributed by atoms with van der Waals surface area (Å²) in [6, 6.07) is 33.6. The van der Waals surface area contributed by atoms with E-state index in [2.05, 4.69) is 95.1 Å². The molecular weight excluding hydrogens is 462 g/mol. The van der Waals surface area contributed by atoms with E-state index in [1.165, 1.54) is 11.1 Å². The zero-order valence-corrected chi connectivity index (χ0v) is 20.2. The van der Waals surface area contributed by atoms with Crippen molar-refractivity contribution in [1.82, 2.24) is 9.88 Å². The van der Waals surface area contributed by atoms with Gasteiger partial charge in [0, 0.05) is 33.3 Å². The lowest BCUT2D eigenvalue weighted by molar-refractivity contribution is 0.489. The number of hydrogen-bond donors (Lipinski definition) is 1. The minimum absolute atomic E-state index is 0.447. The predicted molar refractivity (Wildman–Crippen MR) is 150 cm³/mol. The van der Waals surface area contributed by atoms with Gasteiger partial charge in [0.25, 0.3) is 0 Å². The van der Waals surface area contributed by atoms with Crippen LogP contribution in [0.3, 0.4) is 0 Å². The molecule has 1 spiro atoms. The number of pyridine rings is 1. The summed E-state index contributed by atoms with van der Waals surface area (Å²) in [5, 5.41) is 6.76. The van der Waals surface area contributed by atoms with Gasteiger partial charge in [-0.3, -0.25) is 4.99 Å². The van der Waals surface area contributed by atoms with E-state index >= 15 is 0 Å². The van der Waals surface area contributed by atoms with Crippen LogP contribution in [0.5, 0.6) is 0 Å². The van der Waals surface area contributed by atoms with Crippen LogP contribution in [0, 0.1) is 0 Å². The summed E-state index contributed by atoms with van der Waals surface area (Å²) in [5.41, 5.74) is 7.14. The number of hydrogen-bond acceptors (Lipinski definition) is 5. The second-order valence-electron chi connectivity index (χ2n) is 9.37. The van der Waals surface area contributed by atoms with Crippen LogP contribution in [-0.4, -0.2) is 33.2 Å². The molecule has 1 fully saturated rings. The number of nitrogens with one attached hydrogen (secondary N) is 1.